The Bertz CT molecular complexity index is 557. The van der Waals surface area contributed by atoms with Crippen LogP contribution in [0.1, 0.15) is 24.4 Å². The van der Waals surface area contributed by atoms with E-state index < -0.39 is 6.04 Å². The lowest BCUT2D eigenvalue weighted by Gasteiger charge is -2.05. The van der Waals surface area contributed by atoms with Crippen molar-refractivity contribution in [3.63, 3.8) is 0 Å². The average Bonchev–Trinajstić information content (AvgIpc) is 2.88. The number of halogens is 1. The zero-order valence-corrected chi connectivity index (χ0v) is 10.9. The molecule has 0 radical (unpaired) electrons. The number of nitrogens with zero attached hydrogens (tertiary/aromatic N) is 2. The number of benzene rings is 1. The second-order valence-electron chi connectivity index (χ2n) is 4.18. The highest BCUT2D eigenvalue weighted by atomic mass is 19.1. The molecule has 2 N–H and O–H groups in total. The Balaban J connectivity index is 2.23. The van der Waals surface area contributed by atoms with Crippen molar-refractivity contribution in [3.8, 4) is 11.5 Å². The van der Waals surface area contributed by atoms with Crippen LogP contribution in [0.4, 0.5) is 4.39 Å². The fourth-order valence-corrected chi connectivity index (χ4v) is 1.64. The Morgan fingerprint density at radius 3 is 3.00 bits per heavy atom. The molecule has 1 aromatic heterocycles. The van der Waals surface area contributed by atoms with E-state index >= 15 is 0 Å². The van der Waals surface area contributed by atoms with Crippen LogP contribution in [0.3, 0.4) is 0 Å². The number of aryl methyl sites for hydroxylation is 1. The summed E-state index contributed by atoms with van der Waals surface area (Å²) in [7, 11) is 0. The Kier molecular flexibility index (Phi) is 4.24. The molecular weight excluding hydrogens is 249 g/mol. The second-order valence-corrected chi connectivity index (χ2v) is 4.18. The maximum Gasteiger partial charge on any atom is 0.258 e. The maximum absolute atomic E-state index is 13.2. The van der Waals surface area contributed by atoms with E-state index in [0.717, 1.165) is 5.56 Å². The summed E-state index contributed by atoms with van der Waals surface area (Å²) >= 11 is 0. The van der Waals surface area contributed by atoms with E-state index in [-0.39, 0.29) is 11.7 Å². The Morgan fingerprint density at radius 2 is 2.26 bits per heavy atom. The van der Waals surface area contributed by atoms with Gasteiger partial charge in [-0.2, -0.15) is 4.98 Å². The molecule has 102 valence electrons. The van der Waals surface area contributed by atoms with Crippen molar-refractivity contribution in [2.24, 2.45) is 5.73 Å². The molecular formula is C13H16FN3O2. The van der Waals surface area contributed by atoms with Gasteiger partial charge in [-0.05, 0) is 31.5 Å². The first-order valence-electron chi connectivity index (χ1n) is 6.05. The van der Waals surface area contributed by atoms with Crippen LogP contribution in [0.25, 0.3) is 11.5 Å². The Morgan fingerprint density at radius 1 is 1.47 bits per heavy atom. The first-order valence-corrected chi connectivity index (χ1v) is 6.05. The van der Waals surface area contributed by atoms with E-state index in [0.29, 0.717) is 24.6 Å². The van der Waals surface area contributed by atoms with Gasteiger partial charge in [0, 0.05) is 12.2 Å². The van der Waals surface area contributed by atoms with Gasteiger partial charge < -0.3 is 15.0 Å². The highest BCUT2D eigenvalue weighted by Crippen LogP contribution is 2.23. The maximum atomic E-state index is 13.2. The molecule has 2 aromatic rings. The van der Waals surface area contributed by atoms with E-state index in [1.807, 2.05) is 13.8 Å². The van der Waals surface area contributed by atoms with Crippen molar-refractivity contribution in [3.05, 3.63) is 35.4 Å². The van der Waals surface area contributed by atoms with Gasteiger partial charge >= 0.3 is 0 Å². The third-order valence-corrected chi connectivity index (χ3v) is 2.70. The molecule has 0 amide bonds. The van der Waals surface area contributed by atoms with E-state index in [1.165, 1.54) is 12.1 Å². The number of hydrogen-bond donors (Lipinski definition) is 1. The molecule has 5 nitrogen and oxygen atoms in total. The highest BCUT2D eigenvalue weighted by molar-refractivity contribution is 5.58. The van der Waals surface area contributed by atoms with Gasteiger partial charge in [-0.1, -0.05) is 11.2 Å². The largest absolute Gasteiger partial charge is 0.380 e. The first-order chi connectivity index (χ1) is 9.11. The molecule has 0 saturated heterocycles. The third-order valence-electron chi connectivity index (χ3n) is 2.70. The molecule has 0 aliphatic rings. The lowest BCUT2D eigenvalue weighted by molar-refractivity contribution is 0.130. The molecule has 1 heterocycles. The first kappa shape index (κ1) is 13.6. The summed E-state index contributed by atoms with van der Waals surface area (Å²) in [5.74, 6) is 0.269. The van der Waals surface area contributed by atoms with Crippen LogP contribution in [0, 0.1) is 12.7 Å². The van der Waals surface area contributed by atoms with E-state index in [2.05, 4.69) is 10.1 Å². The Labute approximate surface area is 110 Å². The lowest BCUT2D eigenvalue weighted by atomic mass is 10.1. The normalized spacial score (nSPS) is 12.6. The van der Waals surface area contributed by atoms with E-state index in [4.69, 9.17) is 15.0 Å². The van der Waals surface area contributed by atoms with Gasteiger partial charge in [-0.25, -0.2) is 4.39 Å². The van der Waals surface area contributed by atoms with Gasteiger partial charge in [-0.3, -0.25) is 0 Å². The summed E-state index contributed by atoms with van der Waals surface area (Å²) in [4.78, 5) is 4.19. The van der Waals surface area contributed by atoms with E-state index in [9.17, 15) is 4.39 Å². The minimum absolute atomic E-state index is 0.263. The molecule has 0 bridgehead atoms. The molecule has 1 atom stereocenters. The van der Waals surface area contributed by atoms with Gasteiger partial charge in [0.15, 0.2) is 5.82 Å². The summed E-state index contributed by atoms with van der Waals surface area (Å²) in [6.07, 6.45) is 0. The van der Waals surface area contributed by atoms with Crippen LogP contribution in [-0.2, 0) is 4.74 Å². The molecule has 1 unspecified atom stereocenters. The van der Waals surface area contributed by atoms with Gasteiger partial charge in [0.25, 0.3) is 5.89 Å². The SMILES string of the molecule is CCOCC(N)c1noc(-c2cc(F)ccc2C)n1. The fourth-order valence-electron chi connectivity index (χ4n) is 1.64. The predicted octanol–water partition coefficient (Wildman–Crippen LogP) is 2.22. The number of ether oxygens (including phenoxy) is 1. The molecule has 0 spiro atoms. The monoisotopic (exact) mass is 265 g/mol. The molecule has 2 rings (SSSR count). The summed E-state index contributed by atoms with van der Waals surface area (Å²) in [6.45, 7) is 4.61. The van der Waals surface area contributed by atoms with Gasteiger partial charge in [-0.15, -0.1) is 0 Å². The van der Waals surface area contributed by atoms with Gasteiger partial charge in [0.05, 0.1) is 12.6 Å². The minimum atomic E-state index is -0.452. The Hall–Kier alpha value is -1.79. The number of rotatable bonds is 5. The topological polar surface area (TPSA) is 74.2 Å². The molecule has 0 aliphatic heterocycles. The number of nitrogens with two attached hydrogens (primary N) is 1. The quantitative estimate of drug-likeness (QED) is 0.897. The molecule has 0 aliphatic carbocycles. The summed E-state index contributed by atoms with van der Waals surface area (Å²) in [6, 6.07) is 3.96. The van der Waals surface area contributed by atoms with Crippen molar-refractivity contribution in [2.75, 3.05) is 13.2 Å². The predicted molar refractivity (Wildman–Crippen MR) is 67.9 cm³/mol. The van der Waals surface area contributed by atoms with Crippen molar-refractivity contribution in [1.82, 2.24) is 10.1 Å². The summed E-state index contributed by atoms with van der Waals surface area (Å²) < 4.78 is 23.6. The van der Waals surface area contributed by atoms with Crippen molar-refractivity contribution in [2.45, 2.75) is 19.9 Å². The highest BCUT2D eigenvalue weighted by Gasteiger charge is 2.16. The van der Waals surface area contributed by atoms with Crippen molar-refractivity contribution in [1.29, 1.82) is 0 Å². The third kappa shape index (κ3) is 3.15. The molecule has 0 fully saturated rings. The molecule has 1 aromatic carbocycles. The lowest BCUT2D eigenvalue weighted by Crippen LogP contribution is -2.18. The van der Waals surface area contributed by atoms with E-state index in [1.54, 1.807) is 6.07 Å². The van der Waals surface area contributed by atoms with Crippen LogP contribution < -0.4 is 5.73 Å². The average molecular weight is 265 g/mol. The zero-order chi connectivity index (χ0) is 13.8. The van der Waals surface area contributed by atoms with Gasteiger partial charge in [0.2, 0.25) is 0 Å². The summed E-state index contributed by atoms with van der Waals surface area (Å²) in [5, 5.41) is 3.80. The second kappa shape index (κ2) is 5.90. The fraction of sp³-hybridized carbons (Fsp3) is 0.385. The van der Waals surface area contributed by atoms with Crippen LogP contribution in [0.2, 0.25) is 0 Å². The van der Waals surface area contributed by atoms with Crippen LogP contribution in [0.15, 0.2) is 22.7 Å². The number of hydrogen-bond acceptors (Lipinski definition) is 5. The smallest absolute Gasteiger partial charge is 0.258 e. The van der Waals surface area contributed by atoms with Gasteiger partial charge in [0.1, 0.15) is 5.82 Å². The molecule has 0 saturated carbocycles. The van der Waals surface area contributed by atoms with Crippen molar-refractivity contribution < 1.29 is 13.7 Å². The summed E-state index contributed by atoms with van der Waals surface area (Å²) in [5.41, 5.74) is 7.28. The minimum Gasteiger partial charge on any atom is -0.380 e. The van der Waals surface area contributed by atoms with Crippen LogP contribution >= 0.6 is 0 Å². The van der Waals surface area contributed by atoms with Crippen LogP contribution in [-0.4, -0.2) is 23.4 Å². The molecule has 6 heteroatoms. The zero-order valence-electron chi connectivity index (χ0n) is 10.9. The van der Waals surface area contributed by atoms with Crippen molar-refractivity contribution >= 4 is 0 Å². The standard InChI is InChI=1S/C13H16FN3O2/c1-3-18-7-11(15)12-16-13(19-17-12)10-6-9(14)5-4-8(10)2/h4-6,11H,3,7,15H2,1-2H3. The van der Waals surface area contributed by atoms with Crippen LogP contribution in [0.5, 0.6) is 0 Å². The number of aromatic nitrogens is 2. The molecule has 19 heavy (non-hydrogen) atoms.